The minimum absolute atomic E-state index is 0.0710. The predicted octanol–water partition coefficient (Wildman–Crippen LogP) is 2.40. The SMILES string of the molecule is CCn1c(C(=O)Nc2nc(CC(N)=O)cs2)cc2ccccc21. The molecule has 6 nitrogen and oxygen atoms in total. The molecule has 3 aromatic rings. The van der Waals surface area contributed by atoms with Crippen molar-refractivity contribution in [3.8, 4) is 0 Å². The van der Waals surface area contributed by atoms with Crippen LogP contribution in [-0.2, 0) is 17.8 Å². The van der Waals surface area contributed by atoms with E-state index < -0.39 is 5.91 Å². The molecular formula is C16H16N4O2S. The molecular weight excluding hydrogens is 312 g/mol. The van der Waals surface area contributed by atoms with Crippen LogP contribution in [-0.4, -0.2) is 21.4 Å². The first-order valence-corrected chi connectivity index (χ1v) is 8.08. The van der Waals surface area contributed by atoms with Crippen molar-refractivity contribution in [2.45, 2.75) is 19.9 Å². The molecule has 2 amide bonds. The first kappa shape index (κ1) is 15.2. The Kier molecular flexibility index (Phi) is 4.12. The summed E-state index contributed by atoms with van der Waals surface area (Å²) in [4.78, 5) is 27.6. The normalized spacial score (nSPS) is 10.8. The highest BCUT2D eigenvalue weighted by Gasteiger charge is 2.16. The number of hydrogen-bond acceptors (Lipinski definition) is 4. The Hall–Kier alpha value is -2.67. The summed E-state index contributed by atoms with van der Waals surface area (Å²) >= 11 is 1.27. The number of aromatic nitrogens is 2. The third-order valence-corrected chi connectivity index (χ3v) is 4.29. The van der Waals surface area contributed by atoms with Gasteiger partial charge < -0.3 is 10.3 Å². The van der Waals surface area contributed by atoms with Crippen LogP contribution in [0.1, 0.15) is 23.1 Å². The molecule has 1 aromatic carbocycles. The van der Waals surface area contributed by atoms with Crippen LogP contribution in [0.15, 0.2) is 35.7 Å². The van der Waals surface area contributed by atoms with Crippen LogP contribution in [0.5, 0.6) is 0 Å². The van der Waals surface area contributed by atoms with Gasteiger partial charge in [0.15, 0.2) is 5.13 Å². The molecule has 0 saturated heterocycles. The van der Waals surface area contributed by atoms with Crippen molar-refractivity contribution >= 4 is 39.2 Å². The van der Waals surface area contributed by atoms with E-state index in [-0.39, 0.29) is 12.3 Å². The standard InChI is InChI=1S/C16H16N4O2S/c1-2-20-12-6-4-3-5-10(12)7-13(20)15(22)19-16-18-11(9-23-16)8-14(17)21/h3-7,9H,2,8H2,1H3,(H2,17,21)(H,18,19,22). The van der Waals surface area contributed by atoms with E-state index >= 15 is 0 Å². The predicted molar refractivity (Wildman–Crippen MR) is 90.6 cm³/mol. The summed E-state index contributed by atoms with van der Waals surface area (Å²) in [7, 11) is 0. The molecule has 118 valence electrons. The Morgan fingerprint density at radius 1 is 1.35 bits per heavy atom. The Balaban J connectivity index is 1.86. The average Bonchev–Trinajstić information content (AvgIpc) is 3.10. The average molecular weight is 328 g/mol. The van der Waals surface area contributed by atoms with Gasteiger partial charge in [0.2, 0.25) is 5.91 Å². The van der Waals surface area contributed by atoms with Gasteiger partial charge in [-0.15, -0.1) is 11.3 Å². The molecule has 7 heteroatoms. The highest BCUT2D eigenvalue weighted by Crippen LogP contribution is 2.22. The zero-order valence-corrected chi connectivity index (χ0v) is 13.4. The number of nitrogens with two attached hydrogens (primary N) is 1. The Morgan fingerprint density at radius 2 is 2.13 bits per heavy atom. The van der Waals surface area contributed by atoms with Gasteiger partial charge in [0.1, 0.15) is 5.69 Å². The second-order valence-electron chi connectivity index (χ2n) is 5.07. The molecule has 0 unspecified atom stereocenters. The van der Waals surface area contributed by atoms with Crippen LogP contribution in [0.4, 0.5) is 5.13 Å². The lowest BCUT2D eigenvalue weighted by molar-refractivity contribution is -0.117. The maximum atomic E-state index is 12.5. The lowest BCUT2D eigenvalue weighted by atomic mass is 10.2. The first-order valence-electron chi connectivity index (χ1n) is 7.20. The lowest BCUT2D eigenvalue weighted by Gasteiger charge is -2.07. The number of primary amides is 1. The maximum absolute atomic E-state index is 12.5. The van der Waals surface area contributed by atoms with Crippen LogP contribution in [0.25, 0.3) is 10.9 Å². The summed E-state index contributed by atoms with van der Waals surface area (Å²) in [5.41, 5.74) is 7.31. The molecule has 0 fully saturated rings. The van der Waals surface area contributed by atoms with Crippen LogP contribution in [0, 0.1) is 0 Å². The van der Waals surface area contributed by atoms with Gasteiger partial charge in [-0.1, -0.05) is 18.2 Å². The van der Waals surface area contributed by atoms with E-state index in [4.69, 9.17) is 5.73 Å². The van der Waals surface area contributed by atoms with Crippen LogP contribution >= 0.6 is 11.3 Å². The molecule has 0 aliphatic rings. The number of benzene rings is 1. The van der Waals surface area contributed by atoms with Crippen molar-refractivity contribution in [1.82, 2.24) is 9.55 Å². The van der Waals surface area contributed by atoms with Gasteiger partial charge in [-0.2, -0.15) is 0 Å². The summed E-state index contributed by atoms with van der Waals surface area (Å²) in [6.07, 6.45) is 0.0710. The summed E-state index contributed by atoms with van der Waals surface area (Å²) in [5.74, 6) is -0.665. The number of carbonyl (C=O) groups excluding carboxylic acids is 2. The number of nitrogens with one attached hydrogen (secondary N) is 1. The first-order chi connectivity index (χ1) is 11.1. The van der Waals surface area contributed by atoms with E-state index in [0.29, 0.717) is 23.1 Å². The number of rotatable bonds is 5. The quantitative estimate of drug-likeness (QED) is 0.753. The molecule has 0 saturated carbocycles. The number of para-hydroxylation sites is 1. The van der Waals surface area contributed by atoms with Gasteiger partial charge >= 0.3 is 0 Å². The molecule has 3 N–H and O–H groups in total. The van der Waals surface area contributed by atoms with Crippen molar-refractivity contribution in [1.29, 1.82) is 0 Å². The van der Waals surface area contributed by atoms with E-state index in [1.165, 1.54) is 11.3 Å². The Bertz CT molecular complexity index is 881. The second-order valence-corrected chi connectivity index (χ2v) is 5.93. The number of fused-ring (bicyclic) bond motifs is 1. The topological polar surface area (TPSA) is 90.0 Å². The highest BCUT2D eigenvalue weighted by molar-refractivity contribution is 7.14. The summed E-state index contributed by atoms with van der Waals surface area (Å²) in [5, 5.41) is 5.98. The number of carbonyl (C=O) groups is 2. The fraction of sp³-hybridized carbons (Fsp3) is 0.188. The minimum Gasteiger partial charge on any atom is -0.369 e. The van der Waals surface area contributed by atoms with Gasteiger partial charge in [0.05, 0.1) is 12.1 Å². The number of anilines is 1. The van der Waals surface area contributed by atoms with Gasteiger partial charge in [0, 0.05) is 22.8 Å². The molecule has 0 atom stereocenters. The van der Waals surface area contributed by atoms with Gasteiger partial charge in [-0.25, -0.2) is 4.98 Å². The summed E-state index contributed by atoms with van der Waals surface area (Å²) in [6, 6.07) is 9.73. The fourth-order valence-electron chi connectivity index (χ4n) is 2.52. The molecule has 3 rings (SSSR count). The number of amides is 2. The lowest BCUT2D eigenvalue weighted by Crippen LogP contribution is -2.17. The van der Waals surface area contributed by atoms with Crippen molar-refractivity contribution in [3.63, 3.8) is 0 Å². The van der Waals surface area contributed by atoms with E-state index in [9.17, 15) is 9.59 Å². The minimum atomic E-state index is -0.445. The molecule has 2 aromatic heterocycles. The van der Waals surface area contributed by atoms with E-state index in [0.717, 1.165) is 10.9 Å². The largest absolute Gasteiger partial charge is 0.369 e. The van der Waals surface area contributed by atoms with Gasteiger partial charge in [0.25, 0.3) is 5.91 Å². The molecule has 0 aliphatic heterocycles. The third-order valence-electron chi connectivity index (χ3n) is 3.49. The monoisotopic (exact) mass is 328 g/mol. The fourth-order valence-corrected chi connectivity index (χ4v) is 3.23. The number of thiazole rings is 1. The van der Waals surface area contributed by atoms with Crippen LogP contribution in [0.3, 0.4) is 0 Å². The Morgan fingerprint density at radius 3 is 2.87 bits per heavy atom. The Labute approximate surface area is 136 Å². The third kappa shape index (κ3) is 3.09. The molecule has 0 bridgehead atoms. The van der Waals surface area contributed by atoms with Crippen molar-refractivity contribution in [3.05, 3.63) is 47.1 Å². The van der Waals surface area contributed by atoms with Crippen LogP contribution in [0.2, 0.25) is 0 Å². The smallest absolute Gasteiger partial charge is 0.274 e. The number of hydrogen-bond donors (Lipinski definition) is 2. The van der Waals surface area contributed by atoms with Gasteiger partial charge in [-0.3, -0.25) is 14.9 Å². The summed E-state index contributed by atoms with van der Waals surface area (Å²) in [6.45, 7) is 2.69. The second kappa shape index (κ2) is 6.21. The van der Waals surface area contributed by atoms with Crippen molar-refractivity contribution in [2.24, 2.45) is 5.73 Å². The zero-order chi connectivity index (χ0) is 16.4. The zero-order valence-electron chi connectivity index (χ0n) is 12.6. The molecule has 2 heterocycles. The highest BCUT2D eigenvalue weighted by atomic mass is 32.1. The van der Waals surface area contributed by atoms with Gasteiger partial charge in [-0.05, 0) is 19.1 Å². The molecule has 23 heavy (non-hydrogen) atoms. The maximum Gasteiger partial charge on any atom is 0.274 e. The van der Waals surface area contributed by atoms with E-state index in [1.54, 1.807) is 5.38 Å². The van der Waals surface area contributed by atoms with E-state index in [1.807, 2.05) is 41.8 Å². The van der Waals surface area contributed by atoms with Crippen molar-refractivity contribution < 1.29 is 9.59 Å². The summed E-state index contributed by atoms with van der Waals surface area (Å²) < 4.78 is 1.96. The van der Waals surface area contributed by atoms with Crippen molar-refractivity contribution in [2.75, 3.05) is 5.32 Å². The van der Waals surface area contributed by atoms with E-state index in [2.05, 4.69) is 10.3 Å². The number of nitrogens with zero attached hydrogens (tertiary/aromatic N) is 2. The number of aryl methyl sites for hydroxylation is 1. The molecule has 0 aliphatic carbocycles. The molecule has 0 radical (unpaired) electrons. The van der Waals surface area contributed by atoms with Crippen LogP contribution < -0.4 is 11.1 Å². The molecule has 0 spiro atoms.